The highest BCUT2D eigenvalue weighted by atomic mass is 16.5. The van der Waals surface area contributed by atoms with Gasteiger partial charge >= 0.3 is 5.97 Å². The molecule has 0 aromatic rings. The topological polar surface area (TPSA) is 26.3 Å². The van der Waals surface area contributed by atoms with E-state index in [1.807, 2.05) is 0 Å². The van der Waals surface area contributed by atoms with Crippen molar-refractivity contribution in [1.29, 1.82) is 0 Å². The van der Waals surface area contributed by atoms with E-state index < -0.39 is 0 Å². The van der Waals surface area contributed by atoms with E-state index in [0.29, 0.717) is 24.9 Å². The average Bonchev–Trinajstić information content (AvgIpc) is 2.76. The Morgan fingerprint density at radius 3 is 2.93 bits per heavy atom. The van der Waals surface area contributed by atoms with E-state index in [-0.39, 0.29) is 5.97 Å². The van der Waals surface area contributed by atoms with Crippen molar-refractivity contribution in [2.24, 2.45) is 17.8 Å². The SMILES string of the molecule is C=CCC(=O)OCC1CC2C=CC1C2. The summed E-state index contributed by atoms with van der Waals surface area (Å²) in [6, 6.07) is 0. The molecule has 0 heterocycles. The van der Waals surface area contributed by atoms with E-state index in [0.717, 1.165) is 5.92 Å². The second-order valence-corrected chi connectivity index (χ2v) is 4.22. The highest BCUT2D eigenvalue weighted by Crippen LogP contribution is 2.43. The van der Waals surface area contributed by atoms with Crippen molar-refractivity contribution in [3.8, 4) is 0 Å². The normalized spacial score (nSPS) is 33.3. The molecule has 2 aliphatic carbocycles. The minimum atomic E-state index is -0.147. The third-order valence-electron chi connectivity index (χ3n) is 3.19. The predicted molar refractivity (Wildman–Crippen MR) is 54.6 cm³/mol. The molecular formula is C12H16O2. The summed E-state index contributed by atoms with van der Waals surface area (Å²) in [6.07, 6.45) is 8.96. The van der Waals surface area contributed by atoms with Crippen molar-refractivity contribution < 1.29 is 9.53 Å². The number of hydrogen-bond acceptors (Lipinski definition) is 2. The lowest BCUT2D eigenvalue weighted by Crippen LogP contribution is -2.17. The van der Waals surface area contributed by atoms with Crippen LogP contribution in [-0.4, -0.2) is 12.6 Å². The first-order valence-corrected chi connectivity index (χ1v) is 5.24. The van der Waals surface area contributed by atoms with Crippen LogP contribution in [0.15, 0.2) is 24.8 Å². The van der Waals surface area contributed by atoms with Crippen molar-refractivity contribution in [1.82, 2.24) is 0 Å². The molecule has 2 rings (SSSR count). The summed E-state index contributed by atoms with van der Waals surface area (Å²) in [5.74, 6) is 1.84. The van der Waals surface area contributed by atoms with Crippen LogP contribution in [-0.2, 0) is 9.53 Å². The molecule has 3 atom stereocenters. The van der Waals surface area contributed by atoms with Crippen LogP contribution in [0.3, 0.4) is 0 Å². The fourth-order valence-electron chi connectivity index (χ4n) is 2.46. The first-order valence-electron chi connectivity index (χ1n) is 5.24. The molecule has 0 radical (unpaired) electrons. The van der Waals surface area contributed by atoms with Gasteiger partial charge < -0.3 is 4.74 Å². The second-order valence-electron chi connectivity index (χ2n) is 4.22. The largest absolute Gasteiger partial charge is 0.465 e. The van der Waals surface area contributed by atoms with E-state index in [1.54, 1.807) is 6.08 Å². The zero-order chi connectivity index (χ0) is 9.97. The van der Waals surface area contributed by atoms with Gasteiger partial charge in [0, 0.05) is 0 Å². The number of ether oxygens (including phenoxy) is 1. The average molecular weight is 192 g/mol. The zero-order valence-corrected chi connectivity index (χ0v) is 8.32. The summed E-state index contributed by atoms with van der Waals surface area (Å²) in [6.45, 7) is 4.10. The molecule has 2 nitrogen and oxygen atoms in total. The molecule has 0 N–H and O–H groups in total. The van der Waals surface area contributed by atoms with E-state index in [9.17, 15) is 4.79 Å². The number of allylic oxidation sites excluding steroid dienone is 2. The molecule has 3 unspecified atom stereocenters. The fourth-order valence-corrected chi connectivity index (χ4v) is 2.46. The Kier molecular flexibility index (Phi) is 2.71. The summed E-state index contributed by atoms with van der Waals surface area (Å²) >= 11 is 0. The van der Waals surface area contributed by atoms with Gasteiger partial charge in [0.05, 0.1) is 13.0 Å². The maximum Gasteiger partial charge on any atom is 0.309 e. The lowest BCUT2D eigenvalue weighted by molar-refractivity contribution is -0.144. The third kappa shape index (κ3) is 1.89. The van der Waals surface area contributed by atoms with Gasteiger partial charge in [-0.25, -0.2) is 0 Å². The lowest BCUT2D eigenvalue weighted by atomic mass is 9.95. The summed E-state index contributed by atoms with van der Waals surface area (Å²) in [7, 11) is 0. The van der Waals surface area contributed by atoms with Gasteiger partial charge in [-0.05, 0) is 30.6 Å². The van der Waals surface area contributed by atoms with Gasteiger partial charge in [-0.3, -0.25) is 4.79 Å². The Balaban J connectivity index is 1.74. The van der Waals surface area contributed by atoms with Gasteiger partial charge in [-0.1, -0.05) is 18.2 Å². The van der Waals surface area contributed by atoms with Crippen molar-refractivity contribution in [2.45, 2.75) is 19.3 Å². The Bertz CT molecular complexity index is 267. The van der Waals surface area contributed by atoms with E-state index in [1.165, 1.54) is 12.8 Å². The first-order chi connectivity index (χ1) is 6.79. The van der Waals surface area contributed by atoms with Crippen LogP contribution < -0.4 is 0 Å². The molecule has 2 aliphatic rings. The molecule has 0 aromatic carbocycles. The predicted octanol–water partition coefficient (Wildman–Crippen LogP) is 2.32. The molecule has 1 fully saturated rings. The molecule has 14 heavy (non-hydrogen) atoms. The Morgan fingerprint density at radius 2 is 2.36 bits per heavy atom. The molecule has 0 amide bonds. The van der Waals surface area contributed by atoms with Crippen molar-refractivity contribution in [2.75, 3.05) is 6.61 Å². The maximum atomic E-state index is 11.1. The fraction of sp³-hybridized carbons (Fsp3) is 0.583. The van der Waals surface area contributed by atoms with Gasteiger partial charge in [0.1, 0.15) is 0 Å². The quantitative estimate of drug-likeness (QED) is 0.504. The van der Waals surface area contributed by atoms with Gasteiger partial charge in [-0.2, -0.15) is 0 Å². The summed E-state index contributed by atoms with van der Waals surface area (Å²) in [4.78, 5) is 11.1. The molecule has 76 valence electrons. The lowest BCUT2D eigenvalue weighted by Gasteiger charge is -2.17. The van der Waals surface area contributed by atoms with Gasteiger partial charge in [-0.15, -0.1) is 6.58 Å². The van der Waals surface area contributed by atoms with Gasteiger partial charge in [0.2, 0.25) is 0 Å². The summed E-state index contributed by atoms with van der Waals surface area (Å²) in [5.41, 5.74) is 0. The number of carbonyl (C=O) groups is 1. The number of esters is 1. The van der Waals surface area contributed by atoms with Crippen molar-refractivity contribution in [3.63, 3.8) is 0 Å². The minimum Gasteiger partial charge on any atom is -0.465 e. The highest BCUT2D eigenvalue weighted by Gasteiger charge is 2.35. The molecule has 2 bridgehead atoms. The molecule has 0 saturated heterocycles. The van der Waals surface area contributed by atoms with Crippen molar-refractivity contribution in [3.05, 3.63) is 24.8 Å². The number of rotatable bonds is 4. The van der Waals surface area contributed by atoms with E-state index >= 15 is 0 Å². The maximum absolute atomic E-state index is 11.1. The van der Waals surface area contributed by atoms with Crippen molar-refractivity contribution >= 4 is 5.97 Å². The standard InChI is InChI=1S/C12H16O2/c1-2-3-12(13)14-8-11-7-9-4-5-10(11)6-9/h2,4-5,9-11H,1,3,6-8H2. The minimum absolute atomic E-state index is 0.147. The Labute approximate surface area is 84.6 Å². The Hall–Kier alpha value is -1.05. The van der Waals surface area contributed by atoms with Crippen LogP contribution in [0.4, 0.5) is 0 Å². The molecular weight excluding hydrogens is 176 g/mol. The number of hydrogen-bond donors (Lipinski definition) is 0. The molecule has 2 heteroatoms. The molecule has 0 aromatic heterocycles. The smallest absolute Gasteiger partial charge is 0.309 e. The molecule has 0 aliphatic heterocycles. The van der Waals surface area contributed by atoms with Crippen LogP contribution in [0.5, 0.6) is 0 Å². The summed E-state index contributed by atoms with van der Waals surface area (Å²) < 4.78 is 5.17. The van der Waals surface area contributed by atoms with E-state index in [2.05, 4.69) is 18.7 Å². The van der Waals surface area contributed by atoms with E-state index in [4.69, 9.17) is 4.74 Å². The molecule has 1 saturated carbocycles. The highest BCUT2D eigenvalue weighted by molar-refractivity contribution is 5.70. The van der Waals surface area contributed by atoms with Crippen LogP contribution in [0.25, 0.3) is 0 Å². The number of carbonyl (C=O) groups excluding carboxylic acids is 1. The monoisotopic (exact) mass is 192 g/mol. The summed E-state index contributed by atoms with van der Waals surface area (Å²) in [5, 5.41) is 0. The van der Waals surface area contributed by atoms with Gasteiger partial charge in [0.15, 0.2) is 0 Å². The zero-order valence-electron chi connectivity index (χ0n) is 8.32. The van der Waals surface area contributed by atoms with Crippen LogP contribution in [0.2, 0.25) is 0 Å². The van der Waals surface area contributed by atoms with Gasteiger partial charge in [0.25, 0.3) is 0 Å². The third-order valence-corrected chi connectivity index (χ3v) is 3.19. The second kappa shape index (κ2) is 3.99. The van der Waals surface area contributed by atoms with Crippen LogP contribution in [0.1, 0.15) is 19.3 Å². The van der Waals surface area contributed by atoms with Crippen LogP contribution >= 0.6 is 0 Å². The van der Waals surface area contributed by atoms with Crippen LogP contribution in [0, 0.1) is 17.8 Å². The first kappa shape index (κ1) is 9.50. The Morgan fingerprint density at radius 1 is 1.50 bits per heavy atom. The molecule has 0 spiro atoms. The number of fused-ring (bicyclic) bond motifs is 2.